The zero-order chi connectivity index (χ0) is 11.3. The van der Waals surface area contributed by atoms with E-state index in [4.69, 9.17) is 0 Å². The zero-order valence-corrected chi connectivity index (χ0v) is 10.6. The number of carbonyl (C=O) groups excluding carboxylic acids is 1. The van der Waals surface area contributed by atoms with Crippen LogP contribution in [-0.4, -0.2) is 5.78 Å². The van der Waals surface area contributed by atoms with Gasteiger partial charge < -0.3 is 4.79 Å². The number of hydrogen-bond donors (Lipinski definition) is 0. The molecular weight excluding hydrogens is 184 g/mol. The molecule has 0 spiro atoms. The van der Waals surface area contributed by atoms with E-state index in [9.17, 15) is 4.79 Å². The van der Waals surface area contributed by atoms with Gasteiger partial charge in [0.25, 0.3) is 0 Å². The van der Waals surface area contributed by atoms with Crippen molar-refractivity contribution in [3.8, 4) is 0 Å². The van der Waals surface area contributed by atoms with E-state index >= 15 is 0 Å². The van der Waals surface area contributed by atoms with Crippen LogP contribution in [0, 0.1) is 22.7 Å². The molecule has 0 saturated heterocycles. The Kier molecular flexibility index (Phi) is 2.48. The van der Waals surface area contributed by atoms with Gasteiger partial charge in [0.05, 0.1) is 0 Å². The first kappa shape index (κ1) is 11.2. The third-order valence-corrected chi connectivity index (χ3v) is 5.35. The van der Waals surface area contributed by atoms with Crippen molar-refractivity contribution in [2.24, 2.45) is 22.7 Å². The molecule has 2 saturated carbocycles. The number of fused-ring (bicyclic) bond motifs is 2. The fourth-order valence-electron chi connectivity index (χ4n) is 4.47. The predicted molar refractivity (Wildman–Crippen MR) is 62.6 cm³/mol. The summed E-state index contributed by atoms with van der Waals surface area (Å²) in [6.07, 6.45) is 6.12. The molecule has 0 aliphatic heterocycles. The summed E-state index contributed by atoms with van der Waals surface area (Å²) >= 11 is 0. The summed E-state index contributed by atoms with van der Waals surface area (Å²) in [4.78, 5) is 11.1. The standard InChI is InChI=1S/C14H24O/c1-10(15)5-6-12-13(2,3)11-7-8-14(12,4)9-11/h11-12H,5-9H2,1-4H3. The lowest BCUT2D eigenvalue weighted by Gasteiger charge is -2.43. The molecule has 0 N–H and O–H groups in total. The monoisotopic (exact) mass is 208 g/mol. The topological polar surface area (TPSA) is 17.1 Å². The highest BCUT2D eigenvalue weighted by Gasteiger charge is 2.58. The van der Waals surface area contributed by atoms with Gasteiger partial charge in [-0.1, -0.05) is 20.8 Å². The molecule has 86 valence electrons. The average molecular weight is 208 g/mol. The number of hydrogen-bond acceptors (Lipinski definition) is 1. The van der Waals surface area contributed by atoms with Gasteiger partial charge in [-0.3, -0.25) is 0 Å². The zero-order valence-electron chi connectivity index (χ0n) is 10.6. The first-order chi connectivity index (χ1) is 6.86. The average Bonchev–Trinajstić information content (AvgIpc) is 2.54. The van der Waals surface area contributed by atoms with Gasteiger partial charge in [-0.05, 0) is 55.3 Å². The third kappa shape index (κ3) is 1.64. The Morgan fingerprint density at radius 3 is 2.47 bits per heavy atom. The van der Waals surface area contributed by atoms with E-state index in [0.717, 1.165) is 24.7 Å². The molecule has 3 unspecified atom stereocenters. The summed E-state index contributed by atoms with van der Waals surface area (Å²) in [6, 6.07) is 0. The van der Waals surface area contributed by atoms with Crippen LogP contribution in [0.3, 0.4) is 0 Å². The van der Waals surface area contributed by atoms with Crippen LogP contribution in [0.25, 0.3) is 0 Å². The summed E-state index contributed by atoms with van der Waals surface area (Å²) in [5, 5.41) is 0. The van der Waals surface area contributed by atoms with Crippen molar-refractivity contribution in [2.45, 2.75) is 59.8 Å². The molecule has 3 atom stereocenters. The van der Waals surface area contributed by atoms with Crippen LogP contribution in [0.1, 0.15) is 59.8 Å². The molecule has 15 heavy (non-hydrogen) atoms. The first-order valence-corrected chi connectivity index (χ1v) is 6.36. The van der Waals surface area contributed by atoms with Crippen molar-refractivity contribution in [2.75, 3.05) is 0 Å². The smallest absolute Gasteiger partial charge is 0.129 e. The van der Waals surface area contributed by atoms with Crippen LogP contribution >= 0.6 is 0 Å². The van der Waals surface area contributed by atoms with Gasteiger partial charge in [0.2, 0.25) is 0 Å². The van der Waals surface area contributed by atoms with Gasteiger partial charge in [-0.15, -0.1) is 0 Å². The highest BCUT2D eigenvalue weighted by atomic mass is 16.1. The SMILES string of the molecule is CC(=O)CCC1C2(C)CCC(C2)C1(C)C. The second kappa shape index (κ2) is 3.33. The number of ketones is 1. The van der Waals surface area contributed by atoms with Gasteiger partial charge in [-0.25, -0.2) is 0 Å². The fraction of sp³-hybridized carbons (Fsp3) is 0.929. The van der Waals surface area contributed by atoms with E-state index in [1.54, 1.807) is 6.92 Å². The van der Waals surface area contributed by atoms with Crippen molar-refractivity contribution in [1.82, 2.24) is 0 Å². The van der Waals surface area contributed by atoms with Crippen molar-refractivity contribution in [1.29, 1.82) is 0 Å². The van der Waals surface area contributed by atoms with Crippen LogP contribution in [-0.2, 0) is 4.79 Å². The Morgan fingerprint density at radius 1 is 1.33 bits per heavy atom. The minimum absolute atomic E-state index is 0.358. The van der Waals surface area contributed by atoms with Gasteiger partial charge >= 0.3 is 0 Å². The Balaban J connectivity index is 2.12. The van der Waals surface area contributed by atoms with Crippen LogP contribution in [0.2, 0.25) is 0 Å². The first-order valence-electron chi connectivity index (χ1n) is 6.36. The van der Waals surface area contributed by atoms with Crippen molar-refractivity contribution >= 4 is 5.78 Å². The van der Waals surface area contributed by atoms with E-state index < -0.39 is 0 Å². The summed E-state index contributed by atoms with van der Waals surface area (Å²) in [5.41, 5.74) is 1.02. The molecule has 2 fully saturated rings. The van der Waals surface area contributed by atoms with E-state index in [-0.39, 0.29) is 0 Å². The minimum Gasteiger partial charge on any atom is -0.300 e. The highest BCUT2D eigenvalue weighted by molar-refractivity contribution is 5.75. The van der Waals surface area contributed by atoms with Crippen molar-refractivity contribution in [3.05, 3.63) is 0 Å². The molecule has 0 amide bonds. The molecule has 0 aromatic rings. The van der Waals surface area contributed by atoms with Gasteiger partial charge in [0.1, 0.15) is 5.78 Å². The fourth-order valence-corrected chi connectivity index (χ4v) is 4.47. The summed E-state index contributed by atoms with van der Waals surface area (Å²) < 4.78 is 0. The maximum atomic E-state index is 11.1. The van der Waals surface area contributed by atoms with Crippen molar-refractivity contribution < 1.29 is 4.79 Å². The lowest BCUT2D eigenvalue weighted by atomic mass is 9.62. The molecule has 1 heteroatoms. The van der Waals surface area contributed by atoms with Crippen LogP contribution < -0.4 is 0 Å². The van der Waals surface area contributed by atoms with E-state index in [1.807, 2.05) is 0 Å². The molecule has 0 aromatic carbocycles. The second-order valence-electron chi connectivity index (χ2n) is 6.71. The summed E-state index contributed by atoms with van der Waals surface area (Å²) in [7, 11) is 0. The normalized spacial score (nSPS) is 42.1. The number of carbonyl (C=O) groups is 1. The maximum Gasteiger partial charge on any atom is 0.129 e. The minimum atomic E-state index is 0.358. The largest absolute Gasteiger partial charge is 0.300 e. The lowest BCUT2D eigenvalue weighted by Crippen LogP contribution is -2.35. The highest BCUT2D eigenvalue weighted by Crippen LogP contribution is 2.67. The Hall–Kier alpha value is -0.330. The van der Waals surface area contributed by atoms with Crippen molar-refractivity contribution in [3.63, 3.8) is 0 Å². The van der Waals surface area contributed by atoms with Crippen LogP contribution in [0.15, 0.2) is 0 Å². The lowest BCUT2D eigenvalue weighted by molar-refractivity contribution is -0.117. The molecule has 0 radical (unpaired) electrons. The molecule has 2 rings (SSSR count). The van der Waals surface area contributed by atoms with E-state index in [1.165, 1.54) is 19.3 Å². The molecule has 1 nitrogen and oxygen atoms in total. The molecule has 2 aliphatic rings. The van der Waals surface area contributed by atoms with Crippen LogP contribution in [0.5, 0.6) is 0 Å². The predicted octanol–water partition coefficient (Wildman–Crippen LogP) is 3.82. The Bertz CT molecular complexity index is 274. The molecule has 0 heterocycles. The van der Waals surface area contributed by atoms with Gasteiger partial charge in [0, 0.05) is 6.42 Å². The molecule has 2 bridgehead atoms. The molecular formula is C14H24O. The second-order valence-corrected chi connectivity index (χ2v) is 6.71. The molecule has 2 aliphatic carbocycles. The molecule has 0 aromatic heterocycles. The summed E-state index contributed by atoms with van der Waals surface area (Å²) in [6.45, 7) is 9.02. The van der Waals surface area contributed by atoms with Gasteiger partial charge in [0.15, 0.2) is 0 Å². The summed E-state index contributed by atoms with van der Waals surface area (Å²) in [5.74, 6) is 2.05. The number of Topliss-reactive ketones (excluding diaryl/α,β-unsaturated/α-hetero) is 1. The number of rotatable bonds is 3. The Labute approximate surface area is 93.6 Å². The van der Waals surface area contributed by atoms with E-state index in [2.05, 4.69) is 20.8 Å². The van der Waals surface area contributed by atoms with Crippen LogP contribution in [0.4, 0.5) is 0 Å². The maximum absolute atomic E-state index is 11.1. The van der Waals surface area contributed by atoms with E-state index in [0.29, 0.717) is 16.6 Å². The third-order valence-electron chi connectivity index (χ3n) is 5.35. The Morgan fingerprint density at radius 2 is 2.00 bits per heavy atom. The van der Waals surface area contributed by atoms with Gasteiger partial charge in [-0.2, -0.15) is 0 Å². The quantitative estimate of drug-likeness (QED) is 0.689.